The maximum Gasteiger partial charge on any atom is 0.260 e. The molecule has 2 aromatic carbocycles. The molecule has 4 nitrogen and oxygen atoms in total. The quantitative estimate of drug-likeness (QED) is 0.387. The molecule has 2 aromatic rings. The highest BCUT2D eigenvalue weighted by Crippen LogP contribution is 2.38. The summed E-state index contributed by atoms with van der Waals surface area (Å²) in [5, 5.41) is 10.0. The summed E-state index contributed by atoms with van der Waals surface area (Å²) in [6.45, 7) is -0.536. The molecule has 0 aliphatic carbocycles. The van der Waals surface area contributed by atoms with E-state index < -0.39 is 64.9 Å². The van der Waals surface area contributed by atoms with Crippen molar-refractivity contribution in [3.8, 4) is 6.07 Å². The lowest BCUT2D eigenvalue weighted by Gasteiger charge is -2.26. The highest BCUT2D eigenvalue weighted by atomic mass is 35.5. The Morgan fingerprint density at radius 1 is 1.13 bits per heavy atom. The summed E-state index contributed by atoms with van der Waals surface area (Å²) in [5.41, 5.74) is -1.35. The normalized spacial score (nSPS) is 16.0. The number of rotatable bonds is 3. The molecule has 1 aliphatic rings. The molecular weight excluding hydrogens is 429 g/mol. The van der Waals surface area contributed by atoms with E-state index in [9.17, 15) is 26.7 Å². The Bertz CT molecular complexity index is 1040. The van der Waals surface area contributed by atoms with E-state index in [0.717, 1.165) is 4.90 Å². The van der Waals surface area contributed by atoms with E-state index in [4.69, 9.17) is 16.9 Å². The monoisotopic (exact) mass is 443 g/mol. The van der Waals surface area contributed by atoms with Crippen LogP contribution in [0.1, 0.15) is 35.2 Å². The average molecular weight is 444 g/mol. The molecule has 0 radical (unpaired) electrons. The Morgan fingerprint density at radius 2 is 1.87 bits per heavy atom. The fourth-order valence-electron chi connectivity index (χ4n) is 3.27. The van der Waals surface area contributed by atoms with Crippen LogP contribution >= 0.6 is 11.6 Å². The van der Waals surface area contributed by atoms with E-state index in [-0.39, 0.29) is 24.2 Å². The van der Waals surface area contributed by atoms with Crippen molar-refractivity contribution in [2.75, 3.05) is 23.3 Å². The van der Waals surface area contributed by atoms with E-state index in [1.807, 2.05) is 6.07 Å². The molecule has 0 unspecified atom stereocenters. The van der Waals surface area contributed by atoms with Crippen LogP contribution in [0.4, 0.5) is 33.3 Å². The Kier molecular flexibility index (Phi) is 6.17. The van der Waals surface area contributed by atoms with Crippen LogP contribution in [0.5, 0.6) is 0 Å². The SMILES string of the molecule is N#Cc1cccc(NC(=O)c2c(F)c(Cl)c(F)c(F)c2N2CCCC(F)(F)CC2)c1. The van der Waals surface area contributed by atoms with Crippen LogP contribution in [0, 0.1) is 28.8 Å². The van der Waals surface area contributed by atoms with Gasteiger partial charge in [0.05, 0.1) is 17.3 Å². The van der Waals surface area contributed by atoms with Crippen molar-refractivity contribution in [1.29, 1.82) is 5.26 Å². The maximum atomic E-state index is 14.8. The van der Waals surface area contributed by atoms with Crippen molar-refractivity contribution in [1.82, 2.24) is 0 Å². The number of halogens is 6. The molecule has 1 aliphatic heterocycles. The largest absolute Gasteiger partial charge is 0.368 e. The highest BCUT2D eigenvalue weighted by molar-refractivity contribution is 6.31. The summed E-state index contributed by atoms with van der Waals surface area (Å²) in [6, 6.07) is 7.49. The van der Waals surface area contributed by atoms with Gasteiger partial charge in [0, 0.05) is 31.6 Å². The third-order valence-corrected chi connectivity index (χ3v) is 5.09. The fraction of sp³-hybridized carbons (Fsp3) is 0.300. The van der Waals surface area contributed by atoms with Crippen LogP contribution < -0.4 is 10.2 Å². The van der Waals surface area contributed by atoms with Gasteiger partial charge in [-0.1, -0.05) is 17.7 Å². The van der Waals surface area contributed by atoms with Gasteiger partial charge in [0.2, 0.25) is 5.92 Å². The Hall–Kier alpha value is -2.86. The lowest BCUT2D eigenvalue weighted by Crippen LogP contribution is -2.30. The molecule has 1 N–H and O–H groups in total. The van der Waals surface area contributed by atoms with Crippen molar-refractivity contribution < 1.29 is 26.7 Å². The summed E-state index contributed by atoms with van der Waals surface area (Å²) in [5.74, 6) is -8.97. The summed E-state index contributed by atoms with van der Waals surface area (Å²) in [6.07, 6.45) is -1.20. The lowest BCUT2D eigenvalue weighted by atomic mass is 10.1. The third kappa shape index (κ3) is 4.33. The van der Waals surface area contributed by atoms with Crippen LogP contribution in [0.25, 0.3) is 0 Å². The van der Waals surface area contributed by atoms with Crippen molar-refractivity contribution in [2.24, 2.45) is 0 Å². The van der Waals surface area contributed by atoms with Gasteiger partial charge in [0.25, 0.3) is 5.91 Å². The van der Waals surface area contributed by atoms with Gasteiger partial charge in [-0.2, -0.15) is 5.26 Å². The van der Waals surface area contributed by atoms with Crippen LogP contribution in [-0.4, -0.2) is 24.9 Å². The molecule has 0 atom stereocenters. The minimum absolute atomic E-state index is 0.0659. The standard InChI is InChI=1S/C20H15ClF5N3O/c21-14-15(22)13(19(30)28-12-4-1-3-11(9-12)10-27)18(17(24)16(14)23)29-7-2-5-20(25,26)6-8-29/h1,3-4,9H,2,5-8H2,(H,28,30). The number of benzene rings is 2. The second kappa shape index (κ2) is 8.48. The van der Waals surface area contributed by atoms with Gasteiger partial charge in [-0.3, -0.25) is 4.79 Å². The molecular formula is C20H15ClF5N3O. The third-order valence-electron chi connectivity index (χ3n) is 4.75. The predicted octanol–water partition coefficient (Wildman–Crippen LogP) is 5.51. The van der Waals surface area contributed by atoms with Gasteiger partial charge in [0.15, 0.2) is 17.5 Å². The minimum atomic E-state index is -3.01. The molecule has 30 heavy (non-hydrogen) atoms. The number of alkyl halides is 2. The van der Waals surface area contributed by atoms with Crippen LogP contribution in [0.15, 0.2) is 24.3 Å². The van der Waals surface area contributed by atoms with Crippen molar-refractivity contribution in [3.05, 3.63) is 57.9 Å². The number of amides is 1. The van der Waals surface area contributed by atoms with Gasteiger partial charge < -0.3 is 10.2 Å². The predicted molar refractivity (Wildman–Crippen MR) is 101 cm³/mol. The van der Waals surface area contributed by atoms with Crippen molar-refractivity contribution in [3.63, 3.8) is 0 Å². The van der Waals surface area contributed by atoms with Gasteiger partial charge in [-0.25, -0.2) is 22.0 Å². The molecule has 0 aromatic heterocycles. The molecule has 0 spiro atoms. The fourth-order valence-corrected chi connectivity index (χ4v) is 3.45. The van der Waals surface area contributed by atoms with Gasteiger partial charge in [-0.15, -0.1) is 0 Å². The summed E-state index contributed by atoms with van der Waals surface area (Å²) >= 11 is 5.52. The minimum Gasteiger partial charge on any atom is -0.368 e. The molecule has 1 amide bonds. The van der Waals surface area contributed by atoms with Crippen molar-refractivity contribution >= 4 is 28.9 Å². The van der Waals surface area contributed by atoms with Gasteiger partial charge in [0.1, 0.15) is 10.6 Å². The lowest BCUT2D eigenvalue weighted by molar-refractivity contribution is -0.0102. The van der Waals surface area contributed by atoms with Crippen LogP contribution in [0.2, 0.25) is 5.02 Å². The number of nitriles is 1. The van der Waals surface area contributed by atoms with E-state index in [2.05, 4.69) is 5.32 Å². The van der Waals surface area contributed by atoms with Gasteiger partial charge >= 0.3 is 0 Å². The van der Waals surface area contributed by atoms with Crippen LogP contribution in [-0.2, 0) is 0 Å². The Morgan fingerprint density at radius 3 is 2.57 bits per heavy atom. The van der Waals surface area contributed by atoms with E-state index in [1.165, 1.54) is 24.3 Å². The zero-order chi connectivity index (χ0) is 22.1. The average Bonchev–Trinajstić information content (AvgIpc) is 2.89. The van der Waals surface area contributed by atoms with Gasteiger partial charge in [-0.05, 0) is 24.6 Å². The topological polar surface area (TPSA) is 56.1 Å². The summed E-state index contributed by atoms with van der Waals surface area (Å²) in [7, 11) is 0. The zero-order valence-electron chi connectivity index (χ0n) is 15.4. The smallest absolute Gasteiger partial charge is 0.260 e. The zero-order valence-corrected chi connectivity index (χ0v) is 16.2. The summed E-state index contributed by atoms with van der Waals surface area (Å²) in [4.78, 5) is 13.8. The summed E-state index contributed by atoms with van der Waals surface area (Å²) < 4.78 is 71.1. The molecule has 0 bridgehead atoms. The molecule has 158 valence electrons. The molecule has 1 saturated heterocycles. The second-order valence-electron chi connectivity index (χ2n) is 6.82. The number of hydrogen-bond donors (Lipinski definition) is 1. The number of nitrogens with one attached hydrogen (secondary N) is 1. The van der Waals surface area contributed by atoms with Crippen LogP contribution in [0.3, 0.4) is 0 Å². The molecule has 3 rings (SSSR count). The van der Waals surface area contributed by atoms with E-state index in [0.29, 0.717) is 0 Å². The first-order valence-electron chi connectivity index (χ1n) is 8.95. The second-order valence-corrected chi connectivity index (χ2v) is 7.20. The number of carbonyl (C=O) groups is 1. The molecule has 1 fully saturated rings. The first-order valence-corrected chi connectivity index (χ1v) is 9.32. The Labute approximate surface area is 173 Å². The number of hydrogen-bond acceptors (Lipinski definition) is 3. The van der Waals surface area contributed by atoms with E-state index >= 15 is 0 Å². The molecule has 0 saturated carbocycles. The Balaban J connectivity index is 2.06. The first kappa shape index (κ1) is 21.8. The number of anilines is 2. The maximum absolute atomic E-state index is 14.8. The highest BCUT2D eigenvalue weighted by Gasteiger charge is 2.36. The number of carbonyl (C=O) groups excluding carboxylic acids is 1. The molecule has 1 heterocycles. The molecule has 10 heteroatoms. The van der Waals surface area contributed by atoms with E-state index in [1.54, 1.807) is 0 Å². The van der Waals surface area contributed by atoms with Crippen molar-refractivity contribution in [2.45, 2.75) is 25.2 Å². The number of nitrogens with zero attached hydrogens (tertiary/aromatic N) is 2. The first-order chi connectivity index (χ1) is 14.1.